The molecule has 0 radical (unpaired) electrons. The molecule has 0 aliphatic heterocycles. The number of nitrogens with one attached hydrogen (secondary N) is 2. The summed E-state index contributed by atoms with van der Waals surface area (Å²) in [5.41, 5.74) is -0.995. The summed E-state index contributed by atoms with van der Waals surface area (Å²) in [4.78, 5) is 32.7. The van der Waals surface area contributed by atoms with Crippen molar-refractivity contribution in [3.63, 3.8) is 0 Å². The highest BCUT2D eigenvalue weighted by Crippen LogP contribution is 2.49. The van der Waals surface area contributed by atoms with Crippen LogP contribution in [0.4, 0.5) is 8.78 Å². The second kappa shape index (κ2) is 7.54. The van der Waals surface area contributed by atoms with E-state index in [0.717, 1.165) is 12.1 Å². The minimum atomic E-state index is -1.16. The highest BCUT2D eigenvalue weighted by atomic mass is 19.1. The van der Waals surface area contributed by atoms with Crippen molar-refractivity contribution in [3.05, 3.63) is 74.3 Å². The highest BCUT2D eigenvalue weighted by molar-refractivity contribution is 5.95. The first-order chi connectivity index (χ1) is 15.2. The van der Waals surface area contributed by atoms with Crippen molar-refractivity contribution in [1.29, 1.82) is 10.5 Å². The molecular formula is C23H17F2N5O2. The molecule has 1 saturated carbocycles. The number of hydrogen-bond acceptors (Lipinski definition) is 5. The van der Waals surface area contributed by atoms with Crippen LogP contribution in [-0.4, -0.2) is 15.9 Å². The molecule has 160 valence electrons. The van der Waals surface area contributed by atoms with Crippen molar-refractivity contribution in [3.8, 4) is 12.1 Å². The number of rotatable bonds is 4. The summed E-state index contributed by atoms with van der Waals surface area (Å²) >= 11 is 0. The van der Waals surface area contributed by atoms with Crippen LogP contribution in [0, 0.1) is 41.2 Å². The predicted octanol–water partition coefficient (Wildman–Crippen LogP) is 3.16. The van der Waals surface area contributed by atoms with Crippen LogP contribution in [0.1, 0.15) is 53.8 Å². The van der Waals surface area contributed by atoms with Gasteiger partial charge in [-0.1, -0.05) is 0 Å². The van der Waals surface area contributed by atoms with E-state index in [9.17, 15) is 23.6 Å². The molecule has 1 aliphatic rings. The standard InChI is InChI=1S/C23H17F2N5O2/c1-11-18-14(9-27)15(24)3-4-17(18)30-21(31)19(11)23(5-6-23)22(32)29-12(2)20-16(25)7-13(8-26)10-28-20/h3-4,7,10,12H,5-6H2,1-2H3,(H,29,32)(H,30,31)/t12-/m0/s1. The van der Waals surface area contributed by atoms with E-state index in [1.807, 2.05) is 6.07 Å². The minimum absolute atomic E-state index is 0.0360. The van der Waals surface area contributed by atoms with Gasteiger partial charge in [0.05, 0.1) is 33.8 Å². The number of benzene rings is 1. The Bertz CT molecular complexity index is 1430. The molecule has 9 heteroatoms. The third-order valence-corrected chi connectivity index (χ3v) is 5.91. The van der Waals surface area contributed by atoms with Crippen molar-refractivity contribution in [2.45, 2.75) is 38.1 Å². The monoisotopic (exact) mass is 433 g/mol. The Balaban J connectivity index is 1.74. The summed E-state index contributed by atoms with van der Waals surface area (Å²) in [6, 6.07) is 6.32. The van der Waals surface area contributed by atoms with E-state index in [0.29, 0.717) is 23.9 Å². The molecule has 0 saturated heterocycles. The fourth-order valence-electron chi connectivity index (χ4n) is 4.18. The second-order valence-electron chi connectivity index (χ2n) is 7.89. The van der Waals surface area contributed by atoms with E-state index >= 15 is 0 Å². The van der Waals surface area contributed by atoms with Gasteiger partial charge in [-0.2, -0.15) is 10.5 Å². The molecule has 0 unspecified atom stereocenters. The Labute approximate surface area is 181 Å². The number of halogens is 2. The third kappa shape index (κ3) is 3.19. The van der Waals surface area contributed by atoms with Crippen LogP contribution < -0.4 is 10.9 Å². The number of nitrogens with zero attached hydrogens (tertiary/aromatic N) is 3. The number of amides is 1. The zero-order valence-electron chi connectivity index (χ0n) is 17.2. The molecule has 1 fully saturated rings. The van der Waals surface area contributed by atoms with Gasteiger partial charge in [-0.15, -0.1) is 0 Å². The number of aryl methyl sites for hydroxylation is 1. The van der Waals surface area contributed by atoms with Crippen LogP contribution in [0.25, 0.3) is 10.9 Å². The first-order valence-electron chi connectivity index (χ1n) is 9.85. The maximum absolute atomic E-state index is 14.3. The van der Waals surface area contributed by atoms with Gasteiger partial charge in [0.2, 0.25) is 5.91 Å². The Morgan fingerprint density at radius 1 is 1.25 bits per heavy atom. The smallest absolute Gasteiger partial charge is 0.252 e. The SMILES string of the molecule is Cc1c(C2(C(=O)N[C@@H](C)c3ncc(C#N)cc3F)CC2)c(=O)[nH]c2ccc(F)c(C#N)c12. The molecule has 1 aliphatic carbocycles. The van der Waals surface area contributed by atoms with Crippen LogP contribution >= 0.6 is 0 Å². The Morgan fingerprint density at radius 2 is 1.97 bits per heavy atom. The van der Waals surface area contributed by atoms with Gasteiger partial charge < -0.3 is 10.3 Å². The molecule has 2 aromatic heterocycles. The number of carbonyl (C=O) groups excluding carboxylic acids is 1. The minimum Gasteiger partial charge on any atom is -0.347 e. The maximum atomic E-state index is 14.3. The number of pyridine rings is 2. The fraction of sp³-hybridized carbons (Fsp3) is 0.261. The molecule has 2 heterocycles. The number of aromatic nitrogens is 2. The van der Waals surface area contributed by atoms with Gasteiger partial charge in [-0.25, -0.2) is 8.78 Å². The summed E-state index contributed by atoms with van der Waals surface area (Å²) in [5.74, 6) is -1.93. The third-order valence-electron chi connectivity index (χ3n) is 5.91. The average molecular weight is 433 g/mol. The number of fused-ring (bicyclic) bond motifs is 1. The zero-order chi connectivity index (χ0) is 23.2. The van der Waals surface area contributed by atoms with E-state index in [1.54, 1.807) is 19.9 Å². The van der Waals surface area contributed by atoms with E-state index in [1.165, 1.54) is 12.3 Å². The molecule has 2 N–H and O–H groups in total. The number of H-pyrrole nitrogens is 1. The van der Waals surface area contributed by atoms with Gasteiger partial charge in [-0.05, 0) is 50.5 Å². The van der Waals surface area contributed by atoms with Gasteiger partial charge in [-0.3, -0.25) is 14.6 Å². The van der Waals surface area contributed by atoms with Gasteiger partial charge in [0, 0.05) is 17.1 Å². The summed E-state index contributed by atoms with van der Waals surface area (Å²) < 4.78 is 28.5. The summed E-state index contributed by atoms with van der Waals surface area (Å²) in [6.45, 7) is 3.14. The largest absolute Gasteiger partial charge is 0.347 e. The summed E-state index contributed by atoms with van der Waals surface area (Å²) in [7, 11) is 0. The molecule has 1 atom stereocenters. The fourth-order valence-corrected chi connectivity index (χ4v) is 4.18. The lowest BCUT2D eigenvalue weighted by molar-refractivity contribution is -0.124. The maximum Gasteiger partial charge on any atom is 0.252 e. The molecular weight excluding hydrogens is 416 g/mol. The number of hydrogen-bond donors (Lipinski definition) is 2. The highest BCUT2D eigenvalue weighted by Gasteiger charge is 2.54. The molecule has 7 nitrogen and oxygen atoms in total. The normalized spacial score (nSPS) is 14.9. The molecule has 3 aromatic rings. The van der Waals surface area contributed by atoms with Crippen LogP contribution in [0.15, 0.2) is 29.2 Å². The van der Waals surface area contributed by atoms with E-state index in [2.05, 4.69) is 15.3 Å². The van der Waals surface area contributed by atoms with Gasteiger partial charge in [0.15, 0.2) is 0 Å². The van der Waals surface area contributed by atoms with Crippen LogP contribution in [-0.2, 0) is 10.2 Å². The van der Waals surface area contributed by atoms with Gasteiger partial charge in [0.25, 0.3) is 5.56 Å². The van der Waals surface area contributed by atoms with Gasteiger partial charge >= 0.3 is 0 Å². The lowest BCUT2D eigenvalue weighted by Gasteiger charge is -2.22. The number of nitriles is 2. The quantitative estimate of drug-likeness (QED) is 0.654. The van der Waals surface area contributed by atoms with Crippen LogP contribution in [0.2, 0.25) is 0 Å². The molecule has 0 bridgehead atoms. The Morgan fingerprint density at radius 3 is 2.56 bits per heavy atom. The van der Waals surface area contributed by atoms with Crippen molar-refractivity contribution < 1.29 is 13.6 Å². The zero-order valence-corrected chi connectivity index (χ0v) is 17.2. The van der Waals surface area contributed by atoms with Crippen molar-refractivity contribution in [2.75, 3.05) is 0 Å². The first-order valence-corrected chi connectivity index (χ1v) is 9.85. The van der Waals surface area contributed by atoms with E-state index in [4.69, 9.17) is 5.26 Å². The van der Waals surface area contributed by atoms with E-state index in [-0.39, 0.29) is 27.8 Å². The lowest BCUT2D eigenvalue weighted by atomic mass is 9.88. The molecule has 32 heavy (non-hydrogen) atoms. The molecule has 0 spiro atoms. The number of carbonyl (C=O) groups is 1. The predicted molar refractivity (Wildman–Crippen MR) is 110 cm³/mol. The summed E-state index contributed by atoms with van der Waals surface area (Å²) in [5, 5.41) is 21.2. The second-order valence-corrected chi connectivity index (χ2v) is 7.89. The molecule has 1 amide bonds. The Kier molecular flexibility index (Phi) is 4.98. The Hall–Kier alpha value is -4.11. The summed E-state index contributed by atoms with van der Waals surface area (Å²) in [6.07, 6.45) is 1.97. The average Bonchev–Trinajstić information content (AvgIpc) is 3.55. The first kappa shape index (κ1) is 21.1. The van der Waals surface area contributed by atoms with Crippen LogP contribution in [0.3, 0.4) is 0 Å². The van der Waals surface area contributed by atoms with Crippen molar-refractivity contribution in [1.82, 2.24) is 15.3 Å². The van der Waals surface area contributed by atoms with Gasteiger partial charge in [0.1, 0.15) is 23.8 Å². The van der Waals surface area contributed by atoms with Crippen molar-refractivity contribution in [2.24, 2.45) is 0 Å². The van der Waals surface area contributed by atoms with Crippen molar-refractivity contribution >= 4 is 16.8 Å². The molecule has 1 aromatic carbocycles. The topological polar surface area (TPSA) is 122 Å². The lowest BCUT2D eigenvalue weighted by Crippen LogP contribution is -2.40. The number of aromatic amines is 1. The molecule has 4 rings (SSSR count). The van der Waals surface area contributed by atoms with E-state index < -0.39 is 34.6 Å². The van der Waals surface area contributed by atoms with Crippen LogP contribution in [0.5, 0.6) is 0 Å².